The number of carboxylic acids is 1. The molecule has 0 spiro atoms. The van der Waals surface area contributed by atoms with Crippen molar-refractivity contribution in [2.45, 2.75) is 39.2 Å². The molecule has 0 bridgehead atoms. The Kier molecular flexibility index (Phi) is 3.91. The summed E-state index contributed by atoms with van der Waals surface area (Å²) in [5, 5.41) is 9.04. The van der Waals surface area contributed by atoms with E-state index >= 15 is 0 Å². The smallest absolute Gasteiger partial charge is 0.309 e. The molecule has 5 heteroatoms. The zero-order chi connectivity index (χ0) is 12.3. The molecule has 3 N–H and O–H groups in total. The van der Waals surface area contributed by atoms with Crippen LogP contribution in [0.2, 0.25) is 0 Å². The van der Waals surface area contributed by atoms with Gasteiger partial charge in [0.1, 0.15) is 0 Å². The highest BCUT2D eigenvalue weighted by Crippen LogP contribution is 2.31. The normalized spacial score (nSPS) is 21.6. The van der Waals surface area contributed by atoms with Crippen molar-refractivity contribution in [3.8, 4) is 0 Å². The van der Waals surface area contributed by atoms with E-state index in [1.807, 2.05) is 0 Å². The highest BCUT2D eigenvalue weighted by atomic mass is 16.4. The molecule has 1 fully saturated rings. The van der Waals surface area contributed by atoms with Crippen LogP contribution in [0.15, 0.2) is 0 Å². The summed E-state index contributed by atoms with van der Waals surface area (Å²) in [7, 11) is 0. The van der Waals surface area contributed by atoms with Crippen LogP contribution in [0.1, 0.15) is 33.1 Å². The Bertz CT molecular complexity index is 281. The van der Waals surface area contributed by atoms with E-state index in [1.165, 1.54) is 0 Å². The third-order valence-corrected chi connectivity index (χ3v) is 3.23. The van der Waals surface area contributed by atoms with Crippen molar-refractivity contribution in [3.63, 3.8) is 0 Å². The second-order valence-corrected chi connectivity index (χ2v) is 4.93. The van der Waals surface area contributed by atoms with Crippen LogP contribution in [0, 0.1) is 5.41 Å². The maximum Gasteiger partial charge on any atom is 0.309 e. The first-order valence-electron chi connectivity index (χ1n) is 5.62. The first-order valence-corrected chi connectivity index (χ1v) is 5.62. The van der Waals surface area contributed by atoms with Gasteiger partial charge in [0.25, 0.3) is 0 Å². The molecular formula is C11H20N2O3. The topological polar surface area (TPSA) is 83.6 Å². The maximum atomic E-state index is 11.7. The number of carboxylic acid groups (broad SMARTS) is 1. The van der Waals surface area contributed by atoms with Crippen LogP contribution in [0.5, 0.6) is 0 Å². The van der Waals surface area contributed by atoms with Crippen LogP contribution in [-0.4, -0.2) is 41.0 Å². The molecule has 0 radical (unpaired) electrons. The van der Waals surface area contributed by atoms with Crippen molar-refractivity contribution in [3.05, 3.63) is 0 Å². The van der Waals surface area contributed by atoms with Gasteiger partial charge in [-0.3, -0.25) is 9.59 Å². The molecule has 0 aromatic heterocycles. The molecule has 1 aliphatic heterocycles. The lowest BCUT2D eigenvalue weighted by molar-refractivity contribution is -0.153. The average molecular weight is 228 g/mol. The molecule has 1 aliphatic rings. The van der Waals surface area contributed by atoms with Gasteiger partial charge >= 0.3 is 5.97 Å². The Morgan fingerprint density at radius 2 is 1.94 bits per heavy atom. The summed E-state index contributed by atoms with van der Waals surface area (Å²) < 4.78 is 0. The van der Waals surface area contributed by atoms with Crippen LogP contribution < -0.4 is 5.73 Å². The van der Waals surface area contributed by atoms with Gasteiger partial charge in [-0.15, -0.1) is 0 Å². The first kappa shape index (κ1) is 13.0. The molecule has 0 aliphatic carbocycles. The van der Waals surface area contributed by atoms with Crippen molar-refractivity contribution in [1.29, 1.82) is 0 Å². The second-order valence-electron chi connectivity index (χ2n) is 4.93. The van der Waals surface area contributed by atoms with Gasteiger partial charge in [-0.05, 0) is 26.7 Å². The van der Waals surface area contributed by atoms with E-state index in [0.717, 1.165) is 0 Å². The number of rotatable bonds is 3. The largest absolute Gasteiger partial charge is 0.481 e. The fourth-order valence-electron chi connectivity index (χ4n) is 1.87. The van der Waals surface area contributed by atoms with E-state index < -0.39 is 11.4 Å². The fraction of sp³-hybridized carbons (Fsp3) is 0.818. The summed E-state index contributed by atoms with van der Waals surface area (Å²) in [5.74, 6) is -0.741. The number of carbonyl (C=O) groups excluding carboxylic acids is 1. The molecule has 1 rings (SSSR count). The monoisotopic (exact) mass is 228 g/mol. The van der Waals surface area contributed by atoms with Gasteiger partial charge in [0.2, 0.25) is 5.91 Å². The van der Waals surface area contributed by atoms with Gasteiger partial charge in [-0.2, -0.15) is 0 Å². The van der Waals surface area contributed by atoms with Crippen LogP contribution in [0.3, 0.4) is 0 Å². The Hall–Kier alpha value is -1.10. The highest BCUT2D eigenvalue weighted by molar-refractivity contribution is 5.78. The van der Waals surface area contributed by atoms with Crippen molar-refractivity contribution in [2.24, 2.45) is 11.1 Å². The fourth-order valence-corrected chi connectivity index (χ4v) is 1.87. The lowest BCUT2D eigenvalue weighted by Gasteiger charge is -2.36. The van der Waals surface area contributed by atoms with Crippen molar-refractivity contribution in [2.75, 3.05) is 13.1 Å². The van der Waals surface area contributed by atoms with Crippen molar-refractivity contribution in [1.82, 2.24) is 4.90 Å². The molecule has 16 heavy (non-hydrogen) atoms. The van der Waals surface area contributed by atoms with Crippen LogP contribution in [0.4, 0.5) is 0 Å². The quantitative estimate of drug-likeness (QED) is 0.734. The van der Waals surface area contributed by atoms with Gasteiger partial charge in [-0.1, -0.05) is 0 Å². The highest BCUT2D eigenvalue weighted by Gasteiger charge is 2.37. The first-order chi connectivity index (χ1) is 7.35. The molecule has 92 valence electrons. The molecular weight excluding hydrogens is 208 g/mol. The third-order valence-electron chi connectivity index (χ3n) is 3.23. The summed E-state index contributed by atoms with van der Waals surface area (Å²) in [6.45, 7) is 4.58. The minimum Gasteiger partial charge on any atom is -0.481 e. The predicted octanol–water partition coefficient (Wildman–Crippen LogP) is 0.437. The second kappa shape index (κ2) is 4.82. The Labute approximate surface area is 95.6 Å². The van der Waals surface area contributed by atoms with Gasteiger partial charge < -0.3 is 15.7 Å². The predicted molar refractivity (Wildman–Crippen MR) is 59.8 cm³/mol. The van der Waals surface area contributed by atoms with Crippen LogP contribution in [0.25, 0.3) is 0 Å². The zero-order valence-electron chi connectivity index (χ0n) is 9.90. The summed E-state index contributed by atoms with van der Waals surface area (Å²) in [6.07, 6.45) is 1.38. The lowest BCUT2D eigenvalue weighted by atomic mass is 9.80. The molecule has 1 atom stereocenters. The molecule has 1 heterocycles. The Balaban J connectivity index is 2.49. The minimum atomic E-state index is -0.771. The Morgan fingerprint density at radius 3 is 2.31 bits per heavy atom. The molecule has 5 nitrogen and oxygen atoms in total. The van der Waals surface area contributed by atoms with E-state index in [4.69, 9.17) is 10.8 Å². The summed E-state index contributed by atoms with van der Waals surface area (Å²) in [6, 6.07) is -0.139. The minimum absolute atomic E-state index is 0.0300. The van der Waals surface area contributed by atoms with Gasteiger partial charge in [0.05, 0.1) is 5.41 Å². The van der Waals surface area contributed by atoms with Crippen LogP contribution in [-0.2, 0) is 9.59 Å². The number of nitrogens with zero attached hydrogens (tertiary/aromatic N) is 1. The van der Waals surface area contributed by atoms with Gasteiger partial charge in [0, 0.05) is 25.6 Å². The lowest BCUT2D eigenvalue weighted by Crippen LogP contribution is -2.46. The molecule has 0 saturated carbocycles. The molecule has 1 saturated heterocycles. The molecule has 0 aromatic rings. The number of hydrogen-bond donors (Lipinski definition) is 2. The number of aliphatic carboxylic acids is 1. The van der Waals surface area contributed by atoms with E-state index in [2.05, 4.69) is 0 Å². The molecule has 0 aromatic carbocycles. The van der Waals surface area contributed by atoms with E-state index in [9.17, 15) is 9.59 Å². The zero-order valence-corrected chi connectivity index (χ0v) is 9.90. The number of amides is 1. The SMILES string of the molecule is CC(N)CC(=O)N1CCC(C)(C(=O)O)CC1. The van der Waals surface area contributed by atoms with Crippen molar-refractivity contribution >= 4 is 11.9 Å². The summed E-state index contributed by atoms with van der Waals surface area (Å²) in [4.78, 5) is 24.4. The van der Waals surface area contributed by atoms with E-state index in [1.54, 1.807) is 18.7 Å². The number of piperidine rings is 1. The number of hydrogen-bond acceptors (Lipinski definition) is 3. The average Bonchev–Trinajstić information content (AvgIpc) is 2.17. The number of carbonyl (C=O) groups is 2. The third kappa shape index (κ3) is 2.95. The van der Waals surface area contributed by atoms with E-state index in [-0.39, 0.29) is 11.9 Å². The number of likely N-dealkylation sites (tertiary alicyclic amines) is 1. The maximum absolute atomic E-state index is 11.7. The standard InChI is InChI=1S/C11H20N2O3/c1-8(12)7-9(14)13-5-3-11(2,4-6-13)10(15)16/h8H,3-7,12H2,1-2H3,(H,15,16). The Morgan fingerprint density at radius 1 is 1.44 bits per heavy atom. The molecule has 1 unspecified atom stereocenters. The van der Waals surface area contributed by atoms with Gasteiger partial charge in [0.15, 0.2) is 0 Å². The van der Waals surface area contributed by atoms with Crippen molar-refractivity contribution < 1.29 is 14.7 Å². The van der Waals surface area contributed by atoms with E-state index in [0.29, 0.717) is 32.4 Å². The van der Waals surface area contributed by atoms with Crippen LogP contribution >= 0.6 is 0 Å². The molecule has 1 amide bonds. The summed E-state index contributed by atoms with van der Waals surface area (Å²) >= 11 is 0. The number of nitrogens with two attached hydrogens (primary N) is 1. The summed E-state index contributed by atoms with van der Waals surface area (Å²) in [5.41, 5.74) is 4.88. The van der Waals surface area contributed by atoms with Gasteiger partial charge in [-0.25, -0.2) is 0 Å².